The average Bonchev–Trinajstić information content (AvgIpc) is 2.47. The molecule has 1 aromatic carbocycles. The average molecular weight is 296 g/mol. The van der Waals surface area contributed by atoms with Gasteiger partial charge in [-0.25, -0.2) is 4.79 Å². The molecule has 1 saturated heterocycles. The zero-order chi connectivity index (χ0) is 15.6. The Morgan fingerprint density at radius 2 is 2.29 bits per heavy atom. The molecule has 8 heteroatoms. The van der Waals surface area contributed by atoms with Crippen LogP contribution in [0.4, 0.5) is 11.4 Å². The molecule has 0 radical (unpaired) electrons. The number of nitro groups is 1. The number of aliphatic hydroxyl groups excluding tert-OH is 1. The molecule has 2 atom stereocenters. The highest BCUT2D eigenvalue weighted by Crippen LogP contribution is 2.28. The predicted octanol–water partition coefficient (Wildman–Crippen LogP) is 0.879. The molecule has 1 fully saturated rings. The zero-order valence-electron chi connectivity index (χ0n) is 11.4. The lowest BCUT2D eigenvalue weighted by Crippen LogP contribution is -2.49. The van der Waals surface area contributed by atoms with Crippen molar-refractivity contribution in [2.24, 2.45) is 0 Å². The summed E-state index contributed by atoms with van der Waals surface area (Å²) in [7, 11) is 0. The van der Waals surface area contributed by atoms with Crippen LogP contribution in [0, 0.1) is 10.1 Å². The summed E-state index contributed by atoms with van der Waals surface area (Å²) in [5.74, 6) is -1.34. The molecule has 0 amide bonds. The summed E-state index contributed by atoms with van der Waals surface area (Å²) < 4.78 is 5.41. The summed E-state index contributed by atoms with van der Waals surface area (Å²) in [6, 6.07) is 3.97. The Hall–Kier alpha value is -2.19. The summed E-state index contributed by atoms with van der Waals surface area (Å²) in [4.78, 5) is 23.2. The molecule has 0 aromatic heterocycles. The quantitative estimate of drug-likeness (QED) is 0.626. The van der Waals surface area contributed by atoms with Gasteiger partial charge in [0.15, 0.2) is 0 Å². The van der Waals surface area contributed by atoms with Crippen LogP contribution in [0.25, 0.3) is 0 Å². The third kappa shape index (κ3) is 3.11. The minimum atomic E-state index is -1.34. The molecule has 1 heterocycles. The maximum absolute atomic E-state index is 11.2. The van der Waals surface area contributed by atoms with Crippen LogP contribution < -0.4 is 4.90 Å². The van der Waals surface area contributed by atoms with E-state index in [-0.39, 0.29) is 24.3 Å². The van der Waals surface area contributed by atoms with Gasteiger partial charge in [0.05, 0.1) is 24.2 Å². The van der Waals surface area contributed by atoms with Crippen LogP contribution in [0.2, 0.25) is 0 Å². The monoisotopic (exact) mass is 296 g/mol. The molecule has 1 aliphatic rings. The van der Waals surface area contributed by atoms with Crippen molar-refractivity contribution in [3.8, 4) is 0 Å². The number of morpholine rings is 1. The van der Waals surface area contributed by atoms with Crippen molar-refractivity contribution < 1.29 is 24.7 Å². The number of hydrogen-bond acceptors (Lipinski definition) is 6. The predicted molar refractivity (Wildman–Crippen MR) is 73.7 cm³/mol. The van der Waals surface area contributed by atoms with Crippen LogP contribution in [0.15, 0.2) is 18.2 Å². The normalized spacial score (nSPS) is 22.1. The number of ether oxygens (including phenoxy) is 1. The van der Waals surface area contributed by atoms with Gasteiger partial charge in [-0.15, -0.1) is 0 Å². The minimum Gasteiger partial charge on any atom is -0.477 e. The summed E-state index contributed by atoms with van der Waals surface area (Å²) in [5, 5.41) is 29.1. The first-order chi connectivity index (χ1) is 9.93. The summed E-state index contributed by atoms with van der Waals surface area (Å²) >= 11 is 0. The van der Waals surface area contributed by atoms with Gasteiger partial charge in [-0.2, -0.15) is 0 Å². The maximum Gasteiger partial charge on any atom is 0.342 e. The number of carboxylic acids is 1. The fourth-order valence-corrected chi connectivity index (χ4v) is 2.32. The van der Waals surface area contributed by atoms with Gasteiger partial charge in [-0.1, -0.05) is 0 Å². The van der Waals surface area contributed by atoms with E-state index in [1.807, 2.05) is 11.8 Å². The lowest BCUT2D eigenvalue weighted by Gasteiger charge is -2.39. The smallest absolute Gasteiger partial charge is 0.342 e. The fourth-order valence-electron chi connectivity index (χ4n) is 2.32. The lowest BCUT2D eigenvalue weighted by atomic mass is 10.1. The number of benzene rings is 1. The fraction of sp³-hybridized carbons (Fsp3) is 0.462. The second-order valence-electron chi connectivity index (χ2n) is 4.90. The van der Waals surface area contributed by atoms with Gasteiger partial charge < -0.3 is 19.8 Å². The topological polar surface area (TPSA) is 113 Å². The van der Waals surface area contributed by atoms with Crippen LogP contribution in [0.5, 0.6) is 0 Å². The summed E-state index contributed by atoms with van der Waals surface area (Å²) in [6.07, 6.45) is -0.357. The number of rotatable bonds is 4. The number of anilines is 1. The molecular weight excluding hydrogens is 280 g/mol. The second-order valence-corrected chi connectivity index (χ2v) is 4.90. The van der Waals surface area contributed by atoms with Crippen LogP contribution in [-0.2, 0) is 4.74 Å². The van der Waals surface area contributed by atoms with E-state index >= 15 is 0 Å². The number of aromatic carboxylic acids is 1. The highest BCUT2D eigenvalue weighted by molar-refractivity contribution is 5.93. The largest absolute Gasteiger partial charge is 0.477 e. The Balaban J connectivity index is 2.37. The van der Waals surface area contributed by atoms with Gasteiger partial charge in [-0.05, 0) is 19.1 Å². The third-order valence-electron chi connectivity index (χ3n) is 3.45. The standard InChI is InChI=1S/C13H16N2O6/c1-8-7-21-10(6-16)5-14(8)9-2-3-12(15(19)20)11(4-9)13(17)18/h2-4,8,10,16H,5-7H2,1H3,(H,17,18). The van der Waals surface area contributed by atoms with E-state index in [2.05, 4.69) is 0 Å². The molecule has 2 unspecified atom stereocenters. The van der Waals surface area contributed by atoms with E-state index in [0.29, 0.717) is 18.8 Å². The van der Waals surface area contributed by atoms with E-state index in [0.717, 1.165) is 0 Å². The van der Waals surface area contributed by atoms with Crippen molar-refractivity contribution >= 4 is 17.3 Å². The number of carboxylic acid groups (broad SMARTS) is 1. The molecule has 1 aliphatic heterocycles. The van der Waals surface area contributed by atoms with Crippen LogP contribution in [0.1, 0.15) is 17.3 Å². The molecule has 0 saturated carbocycles. The molecule has 0 aliphatic carbocycles. The second kappa shape index (κ2) is 6.06. The van der Waals surface area contributed by atoms with E-state index in [1.165, 1.54) is 18.2 Å². The first kappa shape index (κ1) is 15.2. The van der Waals surface area contributed by atoms with Crippen molar-refractivity contribution in [3.63, 3.8) is 0 Å². The van der Waals surface area contributed by atoms with Gasteiger partial charge in [0.25, 0.3) is 5.69 Å². The van der Waals surface area contributed by atoms with Gasteiger partial charge in [0.1, 0.15) is 5.56 Å². The molecule has 1 aromatic rings. The van der Waals surface area contributed by atoms with Gasteiger partial charge in [0, 0.05) is 24.3 Å². The van der Waals surface area contributed by atoms with E-state index in [9.17, 15) is 14.9 Å². The van der Waals surface area contributed by atoms with E-state index in [4.69, 9.17) is 14.9 Å². The van der Waals surface area contributed by atoms with Crippen molar-refractivity contribution in [3.05, 3.63) is 33.9 Å². The molecule has 8 nitrogen and oxygen atoms in total. The van der Waals surface area contributed by atoms with Crippen molar-refractivity contribution in [1.29, 1.82) is 0 Å². The molecular formula is C13H16N2O6. The van der Waals surface area contributed by atoms with Gasteiger partial charge >= 0.3 is 5.97 Å². The molecule has 0 spiro atoms. The van der Waals surface area contributed by atoms with Crippen LogP contribution in [-0.4, -0.2) is 53.0 Å². The SMILES string of the molecule is CC1COC(CO)CN1c1ccc([N+](=O)[O-])c(C(=O)O)c1. The molecule has 2 N–H and O–H groups in total. The number of nitro benzene ring substituents is 1. The van der Waals surface area contributed by atoms with Gasteiger partial charge in [-0.3, -0.25) is 10.1 Å². The number of nitrogens with zero attached hydrogens (tertiary/aromatic N) is 2. The van der Waals surface area contributed by atoms with Crippen molar-refractivity contribution in [2.75, 3.05) is 24.7 Å². The first-order valence-electron chi connectivity index (χ1n) is 6.45. The maximum atomic E-state index is 11.2. The van der Waals surface area contributed by atoms with E-state index in [1.54, 1.807) is 0 Å². The van der Waals surface area contributed by atoms with Crippen molar-refractivity contribution in [2.45, 2.75) is 19.1 Å². The lowest BCUT2D eigenvalue weighted by molar-refractivity contribution is -0.385. The molecule has 2 rings (SSSR count). The molecule has 21 heavy (non-hydrogen) atoms. The van der Waals surface area contributed by atoms with Crippen molar-refractivity contribution in [1.82, 2.24) is 0 Å². The Morgan fingerprint density at radius 1 is 1.57 bits per heavy atom. The number of carbonyl (C=O) groups is 1. The first-order valence-corrected chi connectivity index (χ1v) is 6.45. The van der Waals surface area contributed by atoms with Crippen LogP contribution in [0.3, 0.4) is 0 Å². The summed E-state index contributed by atoms with van der Waals surface area (Å²) in [6.45, 7) is 2.55. The Morgan fingerprint density at radius 3 is 2.86 bits per heavy atom. The number of hydrogen-bond donors (Lipinski definition) is 2. The molecule has 114 valence electrons. The Labute approximate surface area is 120 Å². The third-order valence-corrected chi connectivity index (χ3v) is 3.45. The minimum absolute atomic E-state index is 0.0177. The zero-order valence-corrected chi connectivity index (χ0v) is 11.4. The highest BCUT2D eigenvalue weighted by atomic mass is 16.6. The van der Waals surface area contributed by atoms with E-state index < -0.39 is 16.6 Å². The Bertz CT molecular complexity index is 562. The number of aliphatic hydroxyl groups is 1. The van der Waals surface area contributed by atoms with Crippen LogP contribution >= 0.6 is 0 Å². The Kier molecular flexibility index (Phi) is 4.39. The highest BCUT2D eigenvalue weighted by Gasteiger charge is 2.28. The summed E-state index contributed by atoms with van der Waals surface area (Å²) in [5.41, 5.74) is -0.227. The molecule has 0 bridgehead atoms. The van der Waals surface area contributed by atoms with Gasteiger partial charge in [0.2, 0.25) is 0 Å².